The molecule has 8 aromatic rings. The summed E-state index contributed by atoms with van der Waals surface area (Å²) in [7, 11) is 0. The Hall–Kier alpha value is -7.30. The number of nitrogens with zero attached hydrogens (tertiary/aromatic N) is 4. The van der Waals surface area contributed by atoms with Crippen LogP contribution in [0.5, 0.6) is 0 Å². The lowest BCUT2D eigenvalue weighted by Gasteiger charge is -2.41. The molecule has 0 saturated heterocycles. The molecule has 12 rings (SSSR count). The van der Waals surface area contributed by atoms with E-state index >= 15 is 0 Å². The molecule has 2 aliphatic carbocycles. The quantitative estimate of drug-likeness (QED) is 0.167. The third kappa shape index (κ3) is 5.78. The number of benzene rings is 8. The number of aliphatic imine (C=N–C) groups is 2. The first-order chi connectivity index (χ1) is 32.2. The molecule has 0 N–H and O–H groups in total. The van der Waals surface area contributed by atoms with Crippen molar-refractivity contribution in [2.24, 2.45) is 9.98 Å². The van der Waals surface area contributed by atoms with E-state index in [9.17, 15) is 0 Å². The highest BCUT2D eigenvalue weighted by Gasteiger charge is 2.53. The molecule has 1 spiro atoms. The number of fused-ring (bicyclic) bond motifs is 10. The van der Waals surface area contributed by atoms with Crippen LogP contribution in [0, 0.1) is 0 Å². The highest BCUT2D eigenvalue weighted by atomic mass is 15.3. The summed E-state index contributed by atoms with van der Waals surface area (Å²) in [6.07, 6.45) is 0. The molecule has 0 atom stereocenters. The minimum atomic E-state index is -0.513. The van der Waals surface area contributed by atoms with Crippen molar-refractivity contribution < 1.29 is 0 Å². The second-order valence-corrected chi connectivity index (χ2v) is 21.0. The maximum atomic E-state index is 5.45. The molecule has 0 radical (unpaired) electrons. The maximum absolute atomic E-state index is 5.45. The van der Waals surface area contributed by atoms with Gasteiger partial charge in [-0.1, -0.05) is 152 Å². The van der Waals surface area contributed by atoms with Crippen molar-refractivity contribution in [2.45, 2.75) is 83.0 Å². The summed E-state index contributed by atoms with van der Waals surface area (Å²) in [4.78, 5) is 15.7. The van der Waals surface area contributed by atoms with Crippen molar-refractivity contribution in [3.05, 3.63) is 228 Å². The zero-order valence-corrected chi connectivity index (χ0v) is 39.8. The van der Waals surface area contributed by atoms with E-state index in [0.29, 0.717) is 0 Å². The van der Waals surface area contributed by atoms with Crippen LogP contribution in [0.4, 0.5) is 11.4 Å². The first-order valence-corrected chi connectivity index (χ1v) is 23.8. The summed E-state index contributed by atoms with van der Waals surface area (Å²) in [5.74, 6) is 2.01. The molecule has 8 aromatic carbocycles. The molecule has 0 unspecified atom stereocenters. The van der Waals surface area contributed by atoms with Crippen LogP contribution in [0.2, 0.25) is 0 Å². The van der Waals surface area contributed by atoms with Gasteiger partial charge in [0.15, 0.2) is 0 Å². The second kappa shape index (κ2) is 14.3. The summed E-state index contributed by atoms with van der Waals surface area (Å²) < 4.78 is 0. The molecule has 2 heterocycles. The van der Waals surface area contributed by atoms with E-state index in [1.807, 2.05) is 0 Å². The van der Waals surface area contributed by atoms with Crippen LogP contribution in [0.25, 0.3) is 44.5 Å². The molecule has 328 valence electrons. The van der Waals surface area contributed by atoms with Gasteiger partial charge >= 0.3 is 0 Å². The summed E-state index contributed by atoms with van der Waals surface area (Å²) in [5.41, 5.74) is 18.1. The van der Waals surface area contributed by atoms with Crippen molar-refractivity contribution >= 4 is 23.0 Å². The van der Waals surface area contributed by atoms with Gasteiger partial charge in [-0.05, 0) is 165 Å². The number of rotatable bonds is 6. The molecule has 0 bridgehead atoms. The van der Waals surface area contributed by atoms with Gasteiger partial charge in [0.25, 0.3) is 0 Å². The monoisotopic (exact) mass is 868 g/mol. The van der Waals surface area contributed by atoms with Gasteiger partial charge in [-0.2, -0.15) is 0 Å². The van der Waals surface area contributed by atoms with E-state index in [-0.39, 0.29) is 22.2 Å². The number of anilines is 2. The zero-order chi connectivity index (χ0) is 46.1. The number of para-hydroxylation sites is 1. The van der Waals surface area contributed by atoms with Gasteiger partial charge in [-0.25, -0.2) is 0 Å². The lowest BCUT2D eigenvalue weighted by Crippen LogP contribution is -2.53. The molecule has 0 aromatic heterocycles. The molecule has 4 aliphatic rings. The first-order valence-electron chi connectivity index (χ1n) is 23.8. The predicted molar refractivity (Wildman–Crippen MR) is 281 cm³/mol. The molecule has 0 saturated carbocycles. The Balaban J connectivity index is 1.01. The first kappa shape index (κ1) is 41.2. The Bertz CT molecular complexity index is 3320. The molecular formula is C63H56N4. The Kier molecular flexibility index (Phi) is 8.81. The lowest BCUT2D eigenvalue weighted by atomic mass is 9.70. The van der Waals surface area contributed by atoms with Crippen LogP contribution in [-0.4, -0.2) is 33.8 Å². The van der Waals surface area contributed by atoms with E-state index in [2.05, 4.69) is 259 Å². The van der Waals surface area contributed by atoms with Crippen LogP contribution in [-0.2, 0) is 5.41 Å². The van der Waals surface area contributed by atoms with Crippen molar-refractivity contribution in [1.82, 2.24) is 0 Å². The van der Waals surface area contributed by atoms with E-state index in [1.165, 1.54) is 66.8 Å². The van der Waals surface area contributed by atoms with Crippen LogP contribution in [0.15, 0.2) is 204 Å². The van der Waals surface area contributed by atoms with E-state index in [4.69, 9.17) is 9.98 Å². The fourth-order valence-corrected chi connectivity index (χ4v) is 11.6. The largest absolute Gasteiger partial charge is 0.318 e. The summed E-state index contributed by atoms with van der Waals surface area (Å²) in [5, 5.41) is 0. The topological polar surface area (TPSA) is 31.2 Å². The van der Waals surface area contributed by atoms with Gasteiger partial charge in [0.05, 0.1) is 27.6 Å². The average molecular weight is 869 g/mol. The molecule has 2 aliphatic heterocycles. The molecular weight excluding hydrogens is 813 g/mol. The second-order valence-electron chi connectivity index (χ2n) is 21.0. The fourth-order valence-electron chi connectivity index (χ4n) is 11.6. The van der Waals surface area contributed by atoms with Crippen molar-refractivity contribution in [2.75, 3.05) is 9.80 Å². The Labute approximate surface area is 396 Å². The molecule has 4 nitrogen and oxygen atoms in total. The molecule has 0 amide bonds. The summed E-state index contributed by atoms with van der Waals surface area (Å²) >= 11 is 0. The Morgan fingerprint density at radius 3 is 1.25 bits per heavy atom. The number of hydrogen-bond donors (Lipinski definition) is 0. The molecule has 0 fully saturated rings. The van der Waals surface area contributed by atoms with Gasteiger partial charge in [-0.15, -0.1) is 0 Å². The van der Waals surface area contributed by atoms with Crippen LogP contribution in [0.3, 0.4) is 0 Å². The van der Waals surface area contributed by atoms with Crippen LogP contribution >= 0.6 is 0 Å². The SMILES string of the molecule is CC1(C)N=C(c2cccc(-c3ccc4c(c3)C3(c5ccccc5-c5ccccc53)c3cc(-c5cccc(N6C(c7ccccc7)=NC(C)(C)C6(C)C)c5)ccc3-4)c2)N(c2ccccc2)C1(C)C. The van der Waals surface area contributed by atoms with Crippen LogP contribution < -0.4 is 9.80 Å². The van der Waals surface area contributed by atoms with E-state index < -0.39 is 5.41 Å². The maximum Gasteiger partial charge on any atom is 0.136 e. The van der Waals surface area contributed by atoms with Crippen molar-refractivity contribution in [3.63, 3.8) is 0 Å². The zero-order valence-electron chi connectivity index (χ0n) is 39.8. The predicted octanol–water partition coefficient (Wildman–Crippen LogP) is 15.0. The normalized spacial score (nSPS) is 18.3. The van der Waals surface area contributed by atoms with Crippen molar-refractivity contribution in [1.29, 1.82) is 0 Å². The molecule has 4 heteroatoms. The standard InChI is InChI=1S/C63H56N4/c1-59(2)61(5,6)66(47-26-13-10-14-27-47)58(65-59)46-25-19-23-42(37-46)44-33-35-51-52-36-34-45(40-56(52)63(55(51)39-44)53-31-17-15-29-49(53)50-30-16-18-32-54(50)63)43-24-20-28-48(38-43)67-57(41-21-11-9-12-22-41)64-60(3,4)62(67,7)8/h9-40H,1-8H3. The summed E-state index contributed by atoms with van der Waals surface area (Å²) in [6.45, 7) is 18.3. The van der Waals surface area contributed by atoms with Gasteiger partial charge in [0, 0.05) is 22.5 Å². The smallest absolute Gasteiger partial charge is 0.136 e. The Morgan fingerprint density at radius 1 is 0.299 bits per heavy atom. The van der Waals surface area contributed by atoms with Crippen molar-refractivity contribution in [3.8, 4) is 44.5 Å². The highest BCUT2D eigenvalue weighted by molar-refractivity contribution is 6.14. The van der Waals surface area contributed by atoms with Crippen LogP contribution in [0.1, 0.15) is 88.8 Å². The molecule has 67 heavy (non-hydrogen) atoms. The third-order valence-electron chi connectivity index (χ3n) is 16.3. The lowest BCUT2D eigenvalue weighted by molar-refractivity contribution is 0.338. The minimum absolute atomic E-state index is 0.240. The van der Waals surface area contributed by atoms with Gasteiger partial charge < -0.3 is 9.80 Å². The minimum Gasteiger partial charge on any atom is -0.318 e. The van der Waals surface area contributed by atoms with Gasteiger partial charge in [0.1, 0.15) is 11.7 Å². The van der Waals surface area contributed by atoms with Gasteiger partial charge in [0.2, 0.25) is 0 Å². The average Bonchev–Trinajstić information content (AvgIpc) is 3.94. The van der Waals surface area contributed by atoms with Gasteiger partial charge in [-0.3, -0.25) is 9.98 Å². The Morgan fingerprint density at radius 2 is 0.687 bits per heavy atom. The highest BCUT2D eigenvalue weighted by Crippen LogP contribution is 2.63. The third-order valence-corrected chi connectivity index (χ3v) is 16.3. The fraction of sp³-hybridized carbons (Fsp3) is 0.206. The van der Waals surface area contributed by atoms with E-state index in [0.717, 1.165) is 34.2 Å². The van der Waals surface area contributed by atoms with E-state index in [1.54, 1.807) is 0 Å². The number of hydrogen-bond acceptors (Lipinski definition) is 4. The summed E-state index contributed by atoms with van der Waals surface area (Å²) in [6, 6.07) is 72.1. The number of amidine groups is 2.